The van der Waals surface area contributed by atoms with Crippen molar-refractivity contribution in [3.63, 3.8) is 0 Å². The van der Waals surface area contributed by atoms with Crippen LogP contribution in [0.4, 0.5) is 4.79 Å². The average molecular weight is 270 g/mol. The highest BCUT2D eigenvalue weighted by molar-refractivity contribution is 7.99. The molecule has 0 spiro atoms. The van der Waals surface area contributed by atoms with E-state index in [-0.39, 0.29) is 12.1 Å². The maximum atomic E-state index is 11.5. The Bertz CT molecular complexity index is 344. The second-order valence-corrected chi connectivity index (χ2v) is 5.09. The van der Waals surface area contributed by atoms with E-state index in [2.05, 4.69) is 17.2 Å². The highest BCUT2D eigenvalue weighted by Crippen LogP contribution is 2.17. The van der Waals surface area contributed by atoms with Crippen LogP contribution in [0.15, 0.2) is 24.8 Å². The lowest BCUT2D eigenvalue weighted by atomic mass is 10.1. The third-order valence-electron chi connectivity index (χ3n) is 2.48. The fourth-order valence-electron chi connectivity index (χ4n) is 1.61. The maximum absolute atomic E-state index is 11.5. The zero-order chi connectivity index (χ0) is 13.4. The normalized spacial score (nSPS) is 21.6. The summed E-state index contributed by atoms with van der Waals surface area (Å²) < 4.78 is 0. The van der Waals surface area contributed by atoms with Crippen molar-refractivity contribution in [2.45, 2.75) is 12.5 Å². The molecule has 0 aliphatic heterocycles. The molecule has 1 aliphatic rings. The van der Waals surface area contributed by atoms with Crippen LogP contribution in [0.5, 0.6) is 0 Å². The van der Waals surface area contributed by atoms with Gasteiger partial charge in [-0.1, -0.05) is 18.2 Å². The molecule has 6 heteroatoms. The van der Waals surface area contributed by atoms with Gasteiger partial charge in [0.2, 0.25) is 0 Å². The third-order valence-corrected chi connectivity index (χ3v) is 3.45. The van der Waals surface area contributed by atoms with Gasteiger partial charge in [0, 0.05) is 18.1 Å². The first-order valence-electron chi connectivity index (χ1n) is 5.77. The molecular weight excluding hydrogens is 252 g/mol. The second-order valence-electron chi connectivity index (χ2n) is 3.94. The number of thioether (sulfide) groups is 1. The van der Waals surface area contributed by atoms with Gasteiger partial charge >= 0.3 is 12.0 Å². The highest BCUT2D eigenvalue weighted by atomic mass is 32.2. The first-order valence-corrected chi connectivity index (χ1v) is 6.93. The van der Waals surface area contributed by atoms with Gasteiger partial charge < -0.3 is 15.7 Å². The second kappa shape index (κ2) is 7.81. The van der Waals surface area contributed by atoms with Crippen LogP contribution < -0.4 is 10.6 Å². The van der Waals surface area contributed by atoms with E-state index in [1.165, 1.54) is 0 Å². The summed E-state index contributed by atoms with van der Waals surface area (Å²) in [5.41, 5.74) is 0. The van der Waals surface area contributed by atoms with E-state index in [9.17, 15) is 9.59 Å². The minimum absolute atomic E-state index is 0.188. The molecule has 0 saturated carbocycles. The van der Waals surface area contributed by atoms with E-state index in [1.54, 1.807) is 23.9 Å². The fraction of sp³-hybridized carbons (Fsp3) is 0.500. The molecule has 0 fully saturated rings. The summed E-state index contributed by atoms with van der Waals surface area (Å²) in [5.74, 6) is 0.363. The van der Waals surface area contributed by atoms with Gasteiger partial charge in [-0.05, 0) is 6.42 Å². The maximum Gasteiger partial charge on any atom is 0.315 e. The predicted octanol–water partition coefficient (Wildman–Crippen LogP) is 1.23. The molecule has 0 aromatic heterocycles. The first-order chi connectivity index (χ1) is 8.63. The van der Waals surface area contributed by atoms with E-state index in [0.717, 1.165) is 11.5 Å². The van der Waals surface area contributed by atoms with Crippen molar-refractivity contribution in [3.8, 4) is 0 Å². The quantitative estimate of drug-likeness (QED) is 0.480. The molecule has 2 amide bonds. The van der Waals surface area contributed by atoms with Crippen LogP contribution in [0, 0.1) is 5.92 Å². The molecule has 5 nitrogen and oxygen atoms in total. The van der Waals surface area contributed by atoms with Crippen molar-refractivity contribution < 1.29 is 14.7 Å². The minimum atomic E-state index is -0.850. The van der Waals surface area contributed by atoms with E-state index < -0.39 is 11.9 Å². The van der Waals surface area contributed by atoms with Crippen molar-refractivity contribution in [1.29, 1.82) is 0 Å². The largest absolute Gasteiger partial charge is 0.481 e. The lowest BCUT2D eigenvalue weighted by molar-refractivity contribution is -0.140. The highest BCUT2D eigenvalue weighted by Gasteiger charge is 2.25. The topological polar surface area (TPSA) is 78.4 Å². The van der Waals surface area contributed by atoms with Crippen LogP contribution >= 0.6 is 11.8 Å². The van der Waals surface area contributed by atoms with Gasteiger partial charge in [0.15, 0.2) is 0 Å². The lowest BCUT2D eigenvalue weighted by Crippen LogP contribution is -2.41. The van der Waals surface area contributed by atoms with Crippen LogP contribution in [0.25, 0.3) is 0 Å². The molecule has 1 aliphatic carbocycles. The number of carbonyl (C=O) groups is 2. The molecule has 1 rings (SSSR count). The Kier molecular flexibility index (Phi) is 6.35. The van der Waals surface area contributed by atoms with Gasteiger partial charge in [-0.2, -0.15) is 11.8 Å². The summed E-state index contributed by atoms with van der Waals surface area (Å²) in [4.78, 5) is 22.2. The number of nitrogens with one attached hydrogen (secondary N) is 2. The molecule has 0 radical (unpaired) electrons. The Morgan fingerprint density at radius 1 is 1.50 bits per heavy atom. The summed E-state index contributed by atoms with van der Waals surface area (Å²) in [6.07, 6.45) is 5.59. The molecule has 100 valence electrons. The van der Waals surface area contributed by atoms with Crippen LogP contribution in [0.2, 0.25) is 0 Å². The smallest absolute Gasteiger partial charge is 0.315 e. The van der Waals surface area contributed by atoms with E-state index >= 15 is 0 Å². The number of carbonyl (C=O) groups excluding carboxylic acids is 1. The number of rotatable bonds is 7. The predicted molar refractivity (Wildman–Crippen MR) is 72.7 cm³/mol. The monoisotopic (exact) mass is 270 g/mol. The lowest BCUT2D eigenvalue weighted by Gasteiger charge is -2.12. The summed E-state index contributed by atoms with van der Waals surface area (Å²) in [6.45, 7) is 4.19. The Morgan fingerprint density at radius 3 is 2.89 bits per heavy atom. The molecule has 0 aromatic carbocycles. The van der Waals surface area contributed by atoms with Crippen LogP contribution in [0.3, 0.4) is 0 Å². The van der Waals surface area contributed by atoms with Crippen molar-refractivity contribution >= 4 is 23.8 Å². The third kappa shape index (κ3) is 5.27. The molecule has 0 saturated heterocycles. The standard InChI is InChI=1S/C12H18N2O3S/c1-2-6-18-7-5-13-12(17)14-10-4-3-9(8-10)11(15)16/h2-4,9-10H,1,5-8H2,(H,15,16)(H2,13,14,17). The Labute approximate surface area is 111 Å². The van der Waals surface area contributed by atoms with E-state index in [4.69, 9.17) is 5.11 Å². The van der Waals surface area contributed by atoms with Crippen molar-refractivity contribution in [1.82, 2.24) is 10.6 Å². The number of aliphatic carboxylic acids is 1. The molecule has 0 heterocycles. The summed E-state index contributed by atoms with van der Waals surface area (Å²) in [7, 11) is 0. The minimum Gasteiger partial charge on any atom is -0.481 e. The molecule has 0 aromatic rings. The van der Waals surface area contributed by atoms with Gasteiger partial charge in [0.05, 0.1) is 12.0 Å². The summed E-state index contributed by atoms with van der Waals surface area (Å²) >= 11 is 1.69. The van der Waals surface area contributed by atoms with Crippen molar-refractivity contribution in [3.05, 3.63) is 24.8 Å². The Balaban J connectivity index is 2.12. The fourth-order valence-corrected chi connectivity index (χ4v) is 2.19. The zero-order valence-corrected chi connectivity index (χ0v) is 10.9. The number of amides is 2. The van der Waals surface area contributed by atoms with Crippen molar-refractivity contribution in [2.75, 3.05) is 18.1 Å². The number of carboxylic acid groups (broad SMARTS) is 1. The first kappa shape index (κ1) is 14.6. The average Bonchev–Trinajstić information content (AvgIpc) is 2.77. The molecule has 0 bridgehead atoms. The summed E-state index contributed by atoms with van der Waals surface area (Å²) in [6, 6.07) is -0.443. The molecule has 18 heavy (non-hydrogen) atoms. The van der Waals surface area contributed by atoms with E-state index in [1.807, 2.05) is 6.08 Å². The molecule has 2 atom stereocenters. The Hall–Kier alpha value is -1.43. The van der Waals surface area contributed by atoms with Crippen LogP contribution in [-0.2, 0) is 4.79 Å². The van der Waals surface area contributed by atoms with Gasteiger partial charge in [-0.25, -0.2) is 4.79 Å². The molecular formula is C12H18N2O3S. The van der Waals surface area contributed by atoms with Gasteiger partial charge in [-0.15, -0.1) is 6.58 Å². The Morgan fingerprint density at radius 2 is 2.28 bits per heavy atom. The van der Waals surface area contributed by atoms with Gasteiger partial charge in [-0.3, -0.25) is 4.79 Å². The molecule has 2 unspecified atom stereocenters. The summed E-state index contributed by atoms with van der Waals surface area (Å²) in [5, 5.41) is 14.2. The molecule has 3 N–H and O–H groups in total. The zero-order valence-electron chi connectivity index (χ0n) is 10.1. The van der Waals surface area contributed by atoms with Crippen LogP contribution in [-0.4, -0.2) is 41.2 Å². The van der Waals surface area contributed by atoms with Gasteiger partial charge in [0.25, 0.3) is 0 Å². The SMILES string of the molecule is C=CCSCCNC(=O)NC1C=CC(C(=O)O)C1. The number of urea groups is 1. The number of carboxylic acids is 1. The van der Waals surface area contributed by atoms with Gasteiger partial charge in [0.1, 0.15) is 0 Å². The van der Waals surface area contributed by atoms with Crippen molar-refractivity contribution in [2.24, 2.45) is 5.92 Å². The van der Waals surface area contributed by atoms with E-state index in [0.29, 0.717) is 13.0 Å². The van der Waals surface area contributed by atoms with Crippen LogP contribution in [0.1, 0.15) is 6.42 Å². The number of hydrogen-bond donors (Lipinski definition) is 3. The number of hydrogen-bond acceptors (Lipinski definition) is 3.